The normalized spacial score (nSPS) is 18.0. The largest absolute Gasteiger partial charge is 0.383 e. The molecule has 0 saturated heterocycles. The van der Waals surface area contributed by atoms with E-state index >= 15 is 0 Å². The quantitative estimate of drug-likeness (QED) is 0.793. The van der Waals surface area contributed by atoms with Crippen LogP contribution in [0.25, 0.3) is 0 Å². The van der Waals surface area contributed by atoms with Crippen molar-refractivity contribution in [2.45, 2.75) is 36.2 Å². The molecule has 0 amide bonds. The number of carbonyl (C=O) groups excluding carboxylic acids is 1. The van der Waals surface area contributed by atoms with Crippen LogP contribution in [0.4, 0.5) is 0 Å². The Hall–Kier alpha value is -1.66. The van der Waals surface area contributed by atoms with E-state index in [9.17, 15) is 4.79 Å². The van der Waals surface area contributed by atoms with E-state index in [4.69, 9.17) is 4.74 Å². The number of hydrogen-bond donors (Lipinski definition) is 0. The van der Waals surface area contributed by atoms with Crippen LogP contribution in [0.15, 0.2) is 35.7 Å². The third-order valence-corrected chi connectivity index (χ3v) is 5.11. The number of ketones is 1. The number of fused-ring (bicyclic) bond motifs is 1. The molecule has 1 aliphatic carbocycles. The Morgan fingerprint density at radius 3 is 3.14 bits per heavy atom. The third-order valence-electron chi connectivity index (χ3n) is 3.85. The third kappa shape index (κ3) is 3.23. The summed E-state index contributed by atoms with van der Waals surface area (Å²) >= 11 is 1.52. The Morgan fingerprint density at radius 1 is 1.41 bits per heavy atom. The highest BCUT2D eigenvalue weighted by atomic mass is 32.2. The second-order valence-corrected chi connectivity index (χ2v) is 6.49. The average Bonchev–Trinajstić information content (AvgIpc) is 2.92. The standard InChI is InChI=1S/C16H19N3O2S/c1-21-10-9-19-11-17-18-16(19)22-14-8-4-6-12-5-2-3-7-13(12)15(14)20/h2-3,5,7,11,14H,4,6,8-10H2,1H3. The monoisotopic (exact) mass is 317 g/mol. The van der Waals surface area contributed by atoms with Crippen molar-refractivity contribution < 1.29 is 9.53 Å². The van der Waals surface area contributed by atoms with Gasteiger partial charge >= 0.3 is 0 Å². The minimum atomic E-state index is -0.0888. The number of aromatic nitrogens is 3. The van der Waals surface area contributed by atoms with Crippen molar-refractivity contribution in [2.24, 2.45) is 0 Å². The molecule has 0 aliphatic heterocycles. The van der Waals surface area contributed by atoms with E-state index < -0.39 is 0 Å². The van der Waals surface area contributed by atoms with E-state index in [0.29, 0.717) is 13.2 Å². The highest BCUT2D eigenvalue weighted by Crippen LogP contribution is 2.31. The van der Waals surface area contributed by atoms with Gasteiger partial charge in [-0.2, -0.15) is 0 Å². The van der Waals surface area contributed by atoms with E-state index in [1.165, 1.54) is 11.8 Å². The van der Waals surface area contributed by atoms with E-state index in [-0.39, 0.29) is 11.0 Å². The summed E-state index contributed by atoms with van der Waals surface area (Å²) < 4.78 is 7.04. The highest BCUT2D eigenvalue weighted by molar-refractivity contribution is 8.00. The minimum Gasteiger partial charge on any atom is -0.383 e. The number of Topliss-reactive ketones (excluding diaryl/α,β-unsaturated/α-hetero) is 1. The molecule has 1 aromatic heterocycles. The van der Waals surface area contributed by atoms with Crippen molar-refractivity contribution in [3.8, 4) is 0 Å². The first-order chi connectivity index (χ1) is 10.8. The molecule has 1 unspecified atom stereocenters. The van der Waals surface area contributed by atoms with Gasteiger partial charge in [0.25, 0.3) is 0 Å². The maximum atomic E-state index is 12.8. The number of carbonyl (C=O) groups is 1. The fourth-order valence-electron chi connectivity index (χ4n) is 2.68. The summed E-state index contributed by atoms with van der Waals surface area (Å²) in [6.07, 6.45) is 4.55. The zero-order chi connectivity index (χ0) is 15.4. The van der Waals surface area contributed by atoms with Gasteiger partial charge in [0.2, 0.25) is 0 Å². The molecule has 0 radical (unpaired) electrons. The Kier molecular flexibility index (Phi) is 4.90. The van der Waals surface area contributed by atoms with Crippen molar-refractivity contribution in [1.82, 2.24) is 14.8 Å². The maximum absolute atomic E-state index is 12.8. The minimum absolute atomic E-state index is 0.0888. The van der Waals surface area contributed by atoms with Crippen molar-refractivity contribution in [2.75, 3.05) is 13.7 Å². The molecule has 0 bridgehead atoms. The van der Waals surface area contributed by atoms with Crippen molar-refractivity contribution in [3.63, 3.8) is 0 Å². The zero-order valence-corrected chi connectivity index (χ0v) is 13.4. The number of aryl methyl sites for hydroxylation is 1. The Labute approximate surface area is 134 Å². The molecular formula is C16H19N3O2S. The highest BCUT2D eigenvalue weighted by Gasteiger charge is 2.27. The molecule has 0 saturated carbocycles. The van der Waals surface area contributed by atoms with Gasteiger partial charge in [-0.3, -0.25) is 4.79 Å². The molecule has 1 atom stereocenters. The van der Waals surface area contributed by atoms with Crippen molar-refractivity contribution in [3.05, 3.63) is 41.7 Å². The summed E-state index contributed by atoms with van der Waals surface area (Å²) in [6, 6.07) is 7.93. The van der Waals surface area contributed by atoms with Gasteiger partial charge in [0, 0.05) is 19.2 Å². The molecular weight excluding hydrogens is 298 g/mol. The van der Waals surface area contributed by atoms with Crippen LogP contribution in [0.3, 0.4) is 0 Å². The van der Waals surface area contributed by atoms with Crippen LogP contribution in [-0.2, 0) is 17.7 Å². The lowest BCUT2D eigenvalue weighted by molar-refractivity contribution is 0.0988. The molecule has 1 aliphatic rings. The van der Waals surface area contributed by atoms with Gasteiger partial charge in [-0.15, -0.1) is 10.2 Å². The summed E-state index contributed by atoms with van der Waals surface area (Å²) in [5, 5.41) is 8.81. The first-order valence-electron chi connectivity index (χ1n) is 7.45. The molecule has 2 aromatic rings. The van der Waals surface area contributed by atoms with Crippen LogP contribution >= 0.6 is 11.8 Å². The number of rotatable bonds is 5. The first-order valence-corrected chi connectivity index (χ1v) is 8.33. The Morgan fingerprint density at radius 2 is 2.27 bits per heavy atom. The first kappa shape index (κ1) is 15.2. The molecule has 22 heavy (non-hydrogen) atoms. The Balaban J connectivity index is 1.78. The van der Waals surface area contributed by atoms with Crippen LogP contribution < -0.4 is 0 Å². The Bertz CT molecular complexity index is 656. The maximum Gasteiger partial charge on any atom is 0.191 e. The predicted octanol–water partition coefficient (Wildman–Crippen LogP) is 2.60. The lowest BCUT2D eigenvalue weighted by Gasteiger charge is -2.13. The summed E-state index contributed by atoms with van der Waals surface area (Å²) in [5.41, 5.74) is 2.02. The van der Waals surface area contributed by atoms with E-state index in [1.54, 1.807) is 13.4 Å². The molecule has 3 rings (SSSR count). The van der Waals surface area contributed by atoms with Crippen LogP contribution in [-0.4, -0.2) is 39.5 Å². The van der Waals surface area contributed by atoms with Gasteiger partial charge in [0.1, 0.15) is 6.33 Å². The number of benzene rings is 1. The number of methoxy groups -OCH3 is 1. The lowest BCUT2D eigenvalue weighted by atomic mass is 10.0. The molecule has 0 spiro atoms. The van der Waals surface area contributed by atoms with Gasteiger partial charge in [0.05, 0.1) is 11.9 Å². The van der Waals surface area contributed by atoms with Crippen molar-refractivity contribution >= 4 is 17.5 Å². The van der Waals surface area contributed by atoms with Gasteiger partial charge in [-0.1, -0.05) is 36.0 Å². The van der Waals surface area contributed by atoms with Gasteiger partial charge in [0.15, 0.2) is 10.9 Å². The van der Waals surface area contributed by atoms with E-state index in [1.807, 2.05) is 22.8 Å². The smallest absolute Gasteiger partial charge is 0.191 e. The molecule has 5 nitrogen and oxygen atoms in total. The lowest BCUT2D eigenvalue weighted by Crippen LogP contribution is -2.17. The summed E-state index contributed by atoms with van der Waals surface area (Å²) in [5.74, 6) is 0.208. The SMILES string of the molecule is COCCn1cnnc1SC1CCCc2ccccc2C1=O. The second-order valence-electron chi connectivity index (χ2n) is 5.32. The number of nitrogens with zero attached hydrogens (tertiary/aromatic N) is 3. The molecule has 0 fully saturated rings. The molecule has 1 heterocycles. The second kappa shape index (κ2) is 7.07. The summed E-state index contributed by atoms with van der Waals surface area (Å²) in [6.45, 7) is 1.30. The van der Waals surface area contributed by atoms with E-state index in [0.717, 1.165) is 35.5 Å². The van der Waals surface area contributed by atoms with E-state index in [2.05, 4.69) is 16.3 Å². The zero-order valence-electron chi connectivity index (χ0n) is 12.6. The van der Waals surface area contributed by atoms with Crippen molar-refractivity contribution in [1.29, 1.82) is 0 Å². The summed E-state index contributed by atoms with van der Waals surface area (Å²) in [4.78, 5) is 12.8. The van der Waals surface area contributed by atoms with Crippen LogP contribution in [0.1, 0.15) is 28.8 Å². The van der Waals surface area contributed by atoms with Gasteiger partial charge < -0.3 is 9.30 Å². The molecule has 0 N–H and O–H groups in total. The molecule has 6 heteroatoms. The fraction of sp³-hybridized carbons (Fsp3) is 0.438. The molecule has 1 aromatic carbocycles. The number of hydrogen-bond acceptors (Lipinski definition) is 5. The average molecular weight is 317 g/mol. The number of thioether (sulfide) groups is 1. The van der Waals surface area contributed by atoms with Crippen LogP contribution in [0.2, 0.25) is 0 Å². The molecule has 116 valence electrons. The van der Waals surface area contributed by atoms with Gasteiger partial charge in [-0.05, 0) is 24.8 Å². The topological polar surface area (TPSA) is 57.0 Å². The number of ether oxygens (including phenoxy) is 1. The van der Waals surface area contributed by atoms with Crippen LogP contribution in [0, 0.1) is 0 Å². The predicted molar refractivity (Wildman–Crippen MR) is 85.3 cm³/mol. The van der Waals surface area contributed by atoms with Gasteiger partial charge in [-0.25, -0.2) is 0 Å². The summed E-state index contributed by atoms with van der Waals surface area (Å²) in [7, 11) is 1.67. The van der Waals surface area contributed by atoms with Crippen LogP contribution in [0.5, 0.6) is 0 Å². The fourth-order valence-corrected chi connectivity index (χ4v) is 3.82.